The molecule has 4 rings (SSSR count). The zero-order valence-corrected chi connectivity index (χ0v) is 19.2. The highest BCUT2D eigenvalue weighted by atomic mass is 35.5. The van der Waals surface area contributed by atoms with Crippen LogP contribution in [0.15, 0.2) is 53.7 Å². The van der Waals surface area contributed by atoms with E-state index in [1.165, 1.54) is 12.1 Å². The zero-order valence-electron chi connectivity index (χ0n) is 17.7. The Balaban J connectivity index is 1.42. The molecule has 34 heavy (non-hydrogen) atoms. The summed E-state index contributed by atoms with van der Waals surface area (Å²) in [6.07, 6.45) is -2.77. The first-order chi connectivity index (χ1) is 16.1. The SMILES string of the molecule is NC(=Nc1ccc(C(F)(F)F)cc1)N1CCN(c2cnc(-c3cccc(Cl)c3Cl)c(N)n2)CC1. The van der Waals surface area contributed by atoms with Gasteiger partial charge in [0.2, 0.25) is 0 Å². The van der Waals surface area contributed by atoms with Gasteiger partial charge < -0.3 is 21.3 Å². The van der Waals surface area contributed by atoms with Gasteiger partial charge in [0.05, 0.1) is 27.5 Å². The Labute approximate surface area is 203 Å². The van der Waals surface area contributed by atoms with Gasteiger partial charge in [-0.05, 0) is 30.3 Å². The average Bonchev–Trinajstić information content (AvgIpc) is 2.81. The van der Waals surface area contributed by atoms with Gasteiger partial charge in [0.15, 0.2) is 11.8 Å². The number of hydrogen-bond acceptors (Lipinski definition) is 5. The zero-order chi connectivity index (χ0) is 24.5. The number of anilines is 2. The molecule has 3 aromatic rings. The number of hydrogen-bond donors (Lipinski definition) is 2. The molecule has 1 aliphatic rings. The predicted molar refractivity (Wildman–Crippen MR) is 128 cm³/mol. The highest BCUT2D eigenvalue weighted by Gasteiger charge is 2.30. The highest BCUT2D eigenvalue weighted by Crippen LogP contribution is 2.35. The number of nitrogens with zero attached hydrogens (tertiary/aromatic N) is 5. The Kier molecular flexibility index (Phi) is 6.72. The first-order valence-corrected chi connectivity index (χ1v) is 11.0. The summed E-state index contributed by atoms with van der Waals surface area (Å²) in [6, 6.07) is 9.74. The molecule has 0 aliphatic carbocycles. The summed E-state index contributed by atoms with van der Waals surface area (Å²) in [7, 11) is 0. The van der Waals surface area contributed by atoms with Crippen molar-refractivity contribution in [2.24, 2.45) is 10.7 Å². The minimum Gasteiger partial charge on any atom is -0.382 e. The van der Waals surface area contributed by atoms with Crippen LogP contribution in [0.3, 0.4) is 0 Å². The molecule has 7 nitrogen and oxygen atoms in total. The Hall–Kier alpha value is -3.24. The van der Waals surface area contributed by atoms with Crippen molar-refractivity contribution >= 4 is 46.5 Å². The van der Waals surface area contributed by atoms with Gasteiger partial charge in [-0.1, -0.05) is 35.3 Å². The number of rotatable bonds is 3. The molecule has 0 saturated carbocycles. The van der Waals surface area contributed by atoms with E-state index in [9.17, 15) is 13.2 Å². The summed E-state index contributed by atoms with van der Waals surface area (Å²) in [4.78, 5) is 17.0. The van der Waals surface area contributed by atoms with Gasteiger partial charge >= 0.3 is 6.18 Å². The molecule has 4 N–H and O–H groups in total. The number of halogens is 5. The maximum absolute atomic E-state index is 12.7. The minimum atomic E-state index is -4.39. The summed E-state index contributed by atoms with van der Waals surface area (Å²) in [5.74, 6) is 1.07. The quantitative estimate of drug-likeness (QED) is 0.388. The van der Waals surface area contributed by atoms with E-state index in [0.29, 0.717) is 59.0 Å². The minimum absolute atomic E-state index is 0.229. The number of alkyl halides is 3. The summed E-state index contributed by atoms with van der Waals surface area (Å²) in [5, 5.41) is 0.755. The topological polar surface area (TPSA) is 96.7 Å². The Morgan fingerprint density at radius 1 is 1.00 bits per heavy atom. The van der Waals surface area contributed by atoms with Crippen molar-refractivity contribution in [2.45, 2.75) is 6.18 Å². The molecule has 0 radical (unpaired) electrons. The average molecular weight is 510 g/mol. The van der Waals surface area contributed by atoms with Crippen LogP contribution in [0.1, 0.15) is 5.56 Å². The molecule has 0 unspecified atom stereocenters. The molecule has 2 heterocycles. The van der Waals surface area contributed by atoms with E-state index in [1.54, 1.807) is 24.4 Å². The van der Waals surface area contributed by atoms with Gasteiger partial charge in [0.1, 0.15) is 11.5 Å². The van der Waals surface area contributed by atoms with Crippen LogP contribution in [-0.4, -0.2) is 47.0 Å². The monoisotopic (exact) mass is 509 g/mol. The smallest absolute Gasteiger partial charge is 0.382 e. The van der Waals surface area contributed by atoms with Crippen LogP contribution < -0.4 is 16.4 Å². The number of piperazine rings is 1. The lowest BCUT2D eigenvalue weighted by molar-refractivity contribution is -0.137. The van der Waals surface area contributed by atoms with Gasteiger partial charge in [0.25, 0.3) is 0 Å². The largest absolute Gasteiger partial charge is 0.416 e. The van der Waals surface area contributed by atoms with Crippen molar-refractivity contribution in [3.05, 3.63) is 64.3 Å². The molecule has 1 aromatic heterocycles. The van der Waals surface area contributed by atoms with Gasteiger partial charge in [-0.15, -0.1) is 0 Å². The summed E-state index contributed by atoms with van der Waals surface area (Å²) >= 11 is 12.4. The lowest BCUT2D eigenvalue weighted by atomic mass is 10.1. The first-order valence-electron chi connectivity index (χ1n) is 10.2. The van der Waals surface area contributed by atoms with E-state index in [1.807, 2.05) is 9.80 Å². The van der Waals surface area contributed by atoms with Gasteiger partial charge in [-0.25, -0.2) is 15.0 Å². The number of benzene rings is 2. The maximum atomic E-state index is 12.7. The van der Waals surface area contributed by atoms with Crippen molar-refractivity contribution in [2.75, 3.05) is 36.8 Å². The van der Waals surface area contributed by atoms with Gasteiger partial charge in [-0.3, -0.25) is 0 Å². The van der Waals surface area contributed by atoms with Gasteiger partial charge in [-0.2, -0.15) is 13.2 Å². The number of aliphatic imine (C=N–C) groups is 1. The summed E-state index contributed by atoms with van der Waals surface area (Å²) in [6.45, 7) is 2.24. The van der Waals surface area contributed by atoms with E-state index >= 15 is 0 Å². The molecule has 1 saturated heterocycles. The maximum Gasteiger partial charge on any atom is 0.416 e. The van der Waals surface area contributed by atoms with E-state index < -0.39 is 11.7 Å². The molecule has 0 amide bonds. The summed E-state index contributed by atoms with van der Waals surface area (Å²) < 4.78 is 38.1. The third-order valence-corrected chi connectivity index (χ3v) is 6.18. The molecule has 2 aromatic carbocycles. The Morgan fingerprint density at radius 3 is 2.29 bits per heavy atom. The van der Waals surface area contributed by atoms with Crippen molar-refractivity contribution in [3.8, 4) is 11.3 Å². The van der Waals surface area contributed by atoms with E-state index in [4.69, 9.17) is 34.7 Å². The molecule has 0 spiro atoms. The number of guanidine groups is 1. The van der Waals surface area contributed by atoms with Crippen molar-refractivity contribution in [3.63, 3.8) is 0 Å². The fourth-order valence-corrected chi connectivity index (χ4v) is 3.92. The standard InChI is InChI=1S/C22H20Cl2F3N7/c23-16-3-1-2-15(18(16)24)19-20(28)32-17(12-30-19)33-8-10-34(11-9-33)21(29)31-14-6-4-13(5-7-14)22(25,26)27/h1-7,12H,8-11H2,(H2,28,32)(H2,29,31). The van der Waals surface area contributed by atoms with E-state index in [0.717, 1.165) is 12.1 Å². The number of nitrogen functional groups attached to an aromatic ring is 1. The highest BCUT2D eigenvalue weighted by molar-refractivity contribution is 6.43. The lowest BCUT2D eigenvalue weighted by Crippen LogP contribution is -2.51. The van der Waals surface area contributed by atoms with E-state index in [2.05, 4.69) is 15.0 Å². The molecule has 178 valence electrons. The van der Waals surface area contributed by atoms with Crippen molar-refractivity contribution in [1.82, 2.24) is 14.9 Å². The van der Waals surface area contributed by atoms with Crippen LogP contribution in [-0.2, 0) is 6.18 Å². The second-order valence-electron chi connectivity index (χ2n) is 7.55. The molecule has 1 fully saturated rings. The normalized spacial score (nSPS) is 15.0. The van der Waals surface area contributed by atoms with E-state index in [-0.39, 0.29) is 11.8 Å². The fourth-order valence-electron chi connectivity index (χ4n) is 3.53. The van der Waals surface area contributed by atoms with Crippen molar-refractivity contribution in [1.29, 1.82) is 0 Å². The van der Waals surface area contributed by atoms with Crippen LogP contribution >= 0.6 is 23.2 Å². The van der Waals surface area contributed by atoms with Gasteiger partial charge in [0, 0.05) is 31.7 Å². The number of aromatic nitrogens is 2. The molecule has 0 bridgehead atoms. The molecular formula is C22H20Cl2F3N7. The van der Waals surface area contributed by atoms with Crippen LogP contribution in [0.25, 0.3) is 11.3 Å². The molecule has 1 aliphatic heterocycles. The fraction of sp³-hybridized carbons (Fsp3) is 0.227. The van der Waals surface area contributed by atoms with Crippen LogP contribution in [0.4, 0.5) is 30.5 Å². The van der Waals surface area contributed by atoms with Crippen molar-refractivity contribution < 1.29 is 13.2 Å². The predicted octanol–water partition coefficient (Wildman–Crippen LogP) is 4.82. The van der Waals surface area contributed by atoms with Crippen LogP contribution in [0.2, 0.25) is 10.0 Å². The second-order valence-corrected chi connectivity index (χ2v) is 8.34. The third kappa shape index (κ3) is 5.13. The van der Waals surface area contributed by atoms with Crippen LogP contribution in [0, 0.1) is 0 Å². The number of nitrogens with two attached hydrogens (primary N) is 2. The Bertz CT molecular complexity index is 1210. The molecular weight excluding hydrogens is 490 g/mol. The molecule has 0 atom stereocenters. The first kappa shape index (κ1) is 23.9. The lowest BCUT2D eigenvalue weighted by Gasteiger charge is -2.35. The third-order valence-electron chi connectivity index (χ3n) is 5.36. The second kappa shape index (κ2) is 9.55. The summed E-state index contributed by atoms with van der Waals surface area (Å²) in [5.41, 5.74) is 12.9. The Morgan fingerprint density at radius 2 is 1.68 bits per heavy atom. The molecule has 12 heteroatoms. The van der Waals surface area contributed by atoms with Crippen LogP contribution in [0.5, 0.6) is 0 Å².